The highest BCUT2D eigenvalue weighted by atomic mass is 35.5. The maximum Gasteiger partial charge on any atom is 0.390 e. The van der Waals surface area contributed by atoms with Gasteiger partial charge in [0, 0.05) is 0 Å². The molecule has 0 fully saturated rings. The van der Waals surface area contributed by atoms with Crippen molar-refractivity contribution >= 4 is 11.6 Å². The summed E-state index contributed by atoms with van der Waals surface area (Å²) < 4.78 is 71.3. The van der Waals surface area contributed by atoms with Gasteiger partial charge in [-0.3, -0.25) is 0 Å². The smallest absolute Gasteiger partial charge is 0.195 e. The summed E-state index contributed by atoms with van der Waals surface area (Å²) in [6.45, 7) is 2.29. The van der Waals surface area contributed by atoms with E-state index in [0.29, 0.717) is 0 Å². The Kier molecular flexibility index (Phi) is 2.74. The van der Waals surface area contributed by atoms with Crippen molar-refractivity contribution in [2.45, 2.75) is 17.2 Å². The number of rotatable bonds is 3. The van der Waals surface area contributed by atoms with Crippen LogP contribution < -0.4 is 0 Å². The molecular weight excluding hydrogens is 209 g/mol. The Balaban J connectivity index is 4.97. The Morgan fingerprint density at radius 3 is 1.42 bits per heavy atom. The normalized spacial score (nSPS) is 14.6. The topological polar surface area (TPSA) is 0 Å². The molecule has 0 aliphatic rings. The molecule has 0 amide bonds. The molecule has 0 N–H and O–H groups in total. The van der Waals surface area contributed by atoms with Crippen LogP contribution >= 0.6 is 11.6 Å². The maximum atomic E-state index is 12.0. The minimum absolute atomic E-state index is 0.580. The fourth-order valence-electron chi connectivity index (χ4n) is 0.317. The number of alkyl halides is 7. The monoisotopic (exact) mass is 212 g/mol. The summed E-state index contributed by atoms with van der Waals surface area (Å²) >= 11 is 3.78. The van der Waals surface area contributed by atoms with Gasteiger partial charge in [-0.1, -0.05) is 6.58 Å². The molecule has 0 saturated carbocycles. The van der Waals surface area contributed by atoms with Crippen LogP contribution in [-0.2, 0) is 0 Å². The number of hydrogen-bond donors (Lipinski definition) is 0. The van der Waals surface area contributed by atoms with E-state index >= 15 is 0 Å². The van der Waals surface area contributed by atoms with Crippen LogP contribution in [-0.4, -0.2) is 17.2 Å². The summed E-state index contributed by atoms with van der Waals surface area (Å²) in [5, 5.41) is -5.30. The van der Waals surface area contributed by atoms with Crippen LogP contribution in [0.15, 0.2) is 12.7 Å². The Morgan fingerprint density at radius 2 is 1.33 bits per heavy atom. The summed E-state index contributed by atoms with van der Waals surface area (Å²) in [6, 6.07) is 0. The SMILES string of the molecule is C=CC(F)(F)C(F)(F)C(F)(F)Cl. The van der Waals surface area contributed by atoms with Crippen LogP contribution in [0.3, 0.4) is 0 Å². The van der Waals surface area contributed by atoms with Gasteiger partial charge in [0.25, 0.3) is 0 Å². The zero-order chi connectivity index (χ0) is 10.2. The first-order valence-corrected chi connectivity index (χ1v) is 2.90. The number of hydrogen-bond acceptors (Lipinski definition) is 0. The first-order valence-electron chi connectivity index (χ1n) is 2.52. The van der Waals surface area contributed by atoms with Gasteiger partial charge >= 0.3 is 17.2 Å². The first-order chi connectivity index (χ1) is 5.06. The molecule has 0 bridgehead atoms. The lowest BCUT2D eigenvalue weighted by molar-refractivity contribution is -0.259. The van der Waals surface area contributed by atoms with Crippen molar-refractivity contribution in [3.63, 3.8) is 0 Å². The predicted octanol–water partition coefficient (Wildman–Crippen LogP) is 3.27. The van der Waals surface area contributed by atoms with Gasteiger partial charge in [0.05, 0.1) is 0 Å². The van der Waals surface area contributed by atoms with E-state index in [2.05, 4.69) is 18.2 Å². The van der Waals surface area contributed by atoms with E-state index in [1.165, 1.54) is 0 Å². The Bertz CT molecular complexity index is 181. The molecule has 0 unspecified atom stereocenters. The standard InChI is InChI=1S/C5H3ClF6/c1-2-3(7,8)4(9,10)5(6,11)12/h2H,1H2. The van der Waals surface area contributed by atoms with Gasteiger partial charge < -0.3 is 0 Å². The van der Waals surface area contributed by atoms with E-state index in [1.807, 2.05) is 0 Å². The Morgan fingerprint density at radius 1 is 1.00 bits per heavy atom. The van der Waals surface area contributed by atoms with Crippen molar-refractivity contribution in [2.24, 2.45) is 0 Å². The van der Waals surface area contributed by atoms with E-state index in [-0.39, 0.29) is 0 Å². The molecule has 0 aromatic carbocycles. The fourth-order valence-corrected chi connectivity index (χ4v) is 0.443. The zero-order valence-electron chi connectivity index (χ0n) is 5.43. The summed E-state index contributed by atoms with van der Waals surface area (Å²) in [5.41, 5.74) is 0. The molecule has 0 rings (SSSR count). The minimum Gasteiger partial charge on any atom is -0.195 e. The second-order valence-corrected chi connectivity index (χ2v) is 2.37. The van der Waals surface area contributed by atoms with Crippen molar-refractivity contribution < 1.29 is 26.3 Å². The lowest BCUT2D eigenvalue weighted by Crippen LogP contribution is -2.50. The fraction of sp³-hybridized carbons (Fsp3) is 0.600. The third-order valence-corrected chi connectivity index (χ3v) is 1.27. The summed E-state index contributed by atoms with van der Waals surface area (Å²) in [4.78, 5) is 0. The van der Waals surface area contributed by atoms with Crippen molar-refractivity contribution in [1.29, 1.82) is 0 Å². The van der Waals surface area contributed by atoms with Crippen LogP contribution in [0.1, 0.15) is 0 Å². The van der Waals surface area contributed by atoms with Crippen molar-refractivity contribution in [3.8, 4) is 0 Å². The highest BCUT2D eigenvalue weighted by Gasteiger charge is 2.69. The van der Waals surface area contributed by atoms with E-state index in [1.54, 1.807) is 0 Å². The van der Waals surface area contributed by atoms with Crippen LogP contribution in [0.5, 0.6) is 0 Å². The summed E-state index contributed by atoms with van der Waals surface area (Å²) in [5.74, 6) is -10.7. The van der Waals surface area contributed by atoms with Gasteiger partial charge in [-0.15, -0.1) is 0 Å². The quantitative estimate of drug-likeness (QED) is 0.383. The maximum absolute atomic E-state index is 12.0. The van der Waals surface area contributed by atoms with Gasteiger partial charge in [0.2, 0.25) is 0 Å². The molecule has 0 atom stereocenters. The molecular formula is C5H3ClF6. The van der Waals surface area contributed by atoms with Crippen LogP contribution in [0.4, 0.5) is 26.3 Å². The van der Waals surface area contributed by atoms with Gasteiger partial charge in [0.15, 0.2) is 0 Å². The largest absolute Gasteiger partial charge is 0.390 e. The predicted molar refractivity (Wildman–Crippen MR) is 30.9 cm³/mol. The lowest BCUT2D eigenvalue weighted by atomic mass is 10.2. The van der Waals surface area contributed by atoms with E-state index in [9.17, 15) is 26.3 Å². The second-order valence-electron chi connectivity index (χ2n) is 1.90. The molecule has 72 valence electrons. The highest BCUT2D eigenvalue weighted by Crippen LogP contribution is 2.48. The van der Waals surface area contributed by atoms with Crippen LogP contribution in [0.2, 0.25) is 0 Å². The second kappa shape index (κ2) is 2.83. The first kappa shape index (κ1) is 11.6. The van der Waals surface area contributed by atoms with E-state index in [4.69, 9.17) is 0 Å². The van der Waals surface area contributed by atoms with Crippen LogP contribution in [0, 0.1) is 0 Å². The average Bonchev–Trinajstić information content (AvgIpc) is 1.85. The van der Waals surface area contributed by atoms with Crippen molar-refractivity contribution in [2.75, 3.05) is 0 Å². The molecule has 0 saturated heterocycles. The number of halogens is 7. The van der Waals surface area contributed by atoms with E-state index < -0.39 is 23.3 Å². The average molecular weight is 213 g/mol. The Labute approximate surface area is 68.8 Å². The van der Waals surface area contributed by atoms with Crippen LogP contribution in [0.25, 0.3) is 0 Å². The molecule has 0 nitrogen and oxygen atoms in total. The summed E-state index contributed by atoms with van der Waals surface area (Å²) in [7, 11) is 0. The lowest BCUT2D eigenvalue weighted by Gasteiger charge is -2.26. The van der Waals surface area contributed by atoms with Gasteiger partial charge in [0.1, 0.15) is 0 Å². The minimum atomic E-state index is -5.64. The molecule has 0 spiro atoms. The third-order valence-electron chi connectivity index (χ3n) is 1.03. The molecule has 0 radical (unpaired) electrons. The summed E-state index contributed by atoms with van der Waals surface area (Å²) in [6.07, 6.45) is -0.580. The molecule has 7 heteroatoms. The molecule has 12 heavy (non-hydrogen) atoms. The van der Waals surface area contributed by atoms with Gasteiger partial charge in [-0.25, -0.2) is 0 Å². The molecule has 0 aliphatic carbocycles. The zero-order valence-corrected chi connectivity index (χ0v) is 6.19. The van der Waals surface area contributed by atoms with E-state index in [0.717, 1.165) is 0 Å². The molecule has 0 heterocycles. The van der Waals surface area contributed by atoms with Crippen molar-refractivity contribution in [1.82, 2.24) is 0 Å². The molecule has 0 aromatic rings. The molecule has 0 aliphatic heterocycles. The van der Waals surface area contributed by atoms with Crippen molar-refractivity contribution in [3.05, 3.63) is 12.7 Å². The highest BCUT2D eigenvalue weighted by molar-refractivity contribution is 6.22. The molecule has 0 aromatic heterocycles. The van der Waals surface area contributed by atoms with Gasteiger partial charge in [-0.05, 0) is 17.7 Å². The van der Waals surface area contributed by atoms with Gasteiger partial charge in [-0.2, -0.15) is 26.3 Å². The third kappa shape index (κ3) is 1.68. The Hall–Kier alpha value is -0.390. The number of allylic oxidation sites excluding steroid dienone is 1.